The highest BCUT2D eigenvalue weighted by Gasteiger charge is 2.25. The molecule has 2 aliphatic heterocycles. The summed E-state index contributed by atoms with van der Waals surface area (Å²) < 4.78 is 24.9. The first-order valence-corrected chi connectivity index (χ1v) is 13.0. The molecule has 1 atom stereocenters. The van der Waals surface area contributed by atoms with Gasteiger partial charge >= 0.3 is 0 Å². The van der Waals surface area contributed by atoms with Crippen LogP contribution in [0.1, 0.15) is 36.0 Å². The number of benzene rings is 3. The number of nitrogens with one attached hydrogen (secondary N) is 1. The van der Waals surface area contributed by atoms with Gasteiger partial charge in [-0.15, -0.1) is 0 Å². The number of phenolic OH excluding ortho intramolecular Hbond substituents is 1. The molecule has 6 heteroatoms. The molecule has 190 valence electrons. The van der Waals surface area contributed by atoms with Crippen LogP contribution in [0.25, 0.3) is 22.0 Å². The predicted molar refractivity (Wildman–Crippen MR) is 145 cm³/mol. The number of aromatic hydroxyl groups is 1. The van der Waals surface area contributed by atoms with Crippen molar-refractivity contribution in [3.05, 3.63) is 89.6 Å². The van der Waals surface area contributed by atoms with Gasteiger partial charge in [-0.3, -0.25) is 9.29 Å². The van der Waals surface area contributed by atoms with E-state index in [1.165, 1.54) is 11.0 Å². The average molecular weight is 499 g/mol. The quantitative estimate of drug-likeness (QED) is 0.308. The minimum absolute atomic E-state index is 0.128. The van der Waals surface area contributed by atoms with Crippen LogP contribution in [0.2, 0.25) is 0 Å². The third kappa shape index (κ3) is 4.94. The summed E-state index contributed by atoms with van der Waals surface area (Å²) >= 11 is 0. The Hall–Kier alpha value is -3.77. The van der Waals surface area contributed by atoms with Crippen LogP contribution in [0.15, 0.2) is 72.9 Å². The van der Waals surface area contributed by atoms with Crippen molar-refractivity contribution < 1.29 is 19.0 Å². The number of rotatable bonds is 7. The van der Waals surface area contributed by atoms with Crippen LogP contribution in [0.3, 0.4) is 0 Å². The molecule has 3 aromatic carbocycles. The van der Waals surface area contributed by atoms with E-state index in [4.69, 9.17) is 9.47 Å². The fraction of sp³-hybridized carbons (Fsp3) is 0.290. The summed E-state index contributed by atoms with van der Waals surface area (Å²) in [6, 6.07) is 22.2. The highest BCUT2D eigenvalue weighted by atomic mass is 19.1. The Morgan fingerprint density at radius 2 is 1.89 bits per heavy atom. The monoisotopic (exact) mass is 498 g/mol. The van der Waals surface area contributed by atoms with Gasteiger partial charge in [-0.1, -0.05) is 18.2 Å². The average Bonchev–Trinajstić information content (AvgIpc) is 3.53. The Bertz CT molecular complexity index is 1430. The molecule has 1 aromatic heterocycles. The number of H-pyrrole nitrogens is 1. The number of hydrogen-bond acceptors (Lipinski definition) is 4. The van der Waals surface area contributed by atoms with Crippen molar-refractivity contribution in [2.75, 3.05) is 32.9 Å². The fourth-order valence-electron chi connectivity index (χ4n) is 5.52. The number of aromatic amines is 1. The molecular weight excluding hydrogens is 467 g/mol. The molecule has 3 heterocycles. The van der Waals surface area contributed by atoms with Crippen LogP contribution < -0.4 is 9.47 Å². The van der Waals surface area contributed by atoms with Crippen LogP contribution in [-0.4, -0.2) is 54.0 Å². The number of likely N-dealkylation sites (tertiary alicyclic amines) is 1. The summed E-state index contributed by atoms with van der Waals surface area (Å²) in [5.41, 5.74) is 6.62. The molecule has 4 aromatic rings. The van der Waals surface area contributed by atoms with Gasteiger partial charge in [0.15, 0.2) is 0 Å². The minimum Gasteiger partial charge on any atom is -0.508 e. The van der Waals surface area contributed by atoms with Gasteiger partial charge in [-0.05, 0) is 83.0 Å². The maximum Gasteiger partial charge on any atom is 0.130 e. The maximum atomic E-state index is 12.5. The topological polar surface area (TPSA) is 57.7 Å². The van der Waals surface area contributed by atoms with Gasteiger partial charge in [-0.25, -0.2) is 0 Å². The second kappa shape index (κ2) is 10.3. The lowest BCUT2D eigenvalue weighted by Crippen LogP contribution is -2.26. The molecule has 0 bridgehead atoms. The fourth-order valence-corrected chi connectivity index (χ4v) is 5.52. The molecule has 2 N–H and O–H groups in total. The number of ether oxygens (including phenoxy) is 2. The lowest BCUT2D eigenvalue weighted by molar-refractivity contribution is 0.198. The van der Waals surface area contributed by atoms with Gasteiger partial charge in [0.05, 0.1) is 13.3 Å². The van der Waals surface area contributed by atoms with E-state index in [0.29, 0.717) is 18.8 Å². The smallest absolute Gasteiger partial charge is 0.130 e. The highest BCUT2D eigenvalue weighted by Crippen LogP contribution is 2.42. The molecule has 37 heavy (non-hydrogen) atoms. The van der Waals surface area contributed by atoms with Crippen molar-refractivity contribution in [3.8, 4) is 17.2 Å². The van der Waals surface area contributed by atoms with Crippen LogP contribution in [0, 0.1) is 0 Å². The molecule has 1 saturated heterocycles. The highest BCUT2D eigenvalue weighted by molar-refractivity contribution is 6.01. The number of alkyl halides is 1. The molecule has 2 aliphatic rings. The lowest BCUT2D eigenvalue weighted by atomic mass is 9.88. The summed E-state index contributed by atoms with van der Waals surface area (Å²) in [6.07, 6.45) is 4.37. The SMILES string of the molecule is Oc1ccc2c(c1)OCCC(c1ccc3[nH]ccc3c1)=C2c1ccc(O[C@H]2CCN(CCCF)C2)cc1. The van der Waals surface area contributed by atoms with E-state index in [1.54, 1.807) is 12.1 Å². The van der Waals surface area contributed by atoms with Crippen molar-refractivity contribution in [2.45, 2.75) is 25.4 Å². The Morgan fingerprint density at radius 1 is 1.03 bits per heavy atom. The minimum atomic E-state index is -0.270. The van der Waals surface area contributed by atoms with Crippen LogP contribution in [-0.2, 0) is 0 Å². The third-order valence-electron chi connectivity index (χ3n) is 7.33. The van der Waals surface area contributed by atoms with Crippen molar-refractivity contribution in [1.82, 2.24) is 9.88 Å². The summed E-state index contributed by atoms with van der Waals surface area (Å²) in [5.74, 6) is 1.72. The number of fused-ring (bicyclic) bond motifs is 2. The number of hydrogen-bond donors (Lipinski definition) is 2. The second-order valence-corrected chi connectivity index (χ2v) is 9.81. The van der Waals surface area contributed by atoms with Gasteiger partial charge in [-0.2, -0.15) is 0 Å². The molecular formula is C31H31FN2O3. The molecule has 0 saturated carbocycles. The molecule has 0 amide bonds. The van der Waals surface area contributed by atoms with Gasteiger partial charge < -0.3 is 19.6 Å². The molecule has 0 spiro atoms. The van der Waals surface area contributed by atoms with E-state index < -0.39 is 0 Å². The zero-order valence-electron chi connectivity index (χ0n) is 20.8. The van der Waals surface area contributed by atoms with E-state index in [1.807, 2.05) is 24.4 Å². The van der Waals surface area contributed by atoms with Gasteiger partial charge in [0.2, 0.25) is 0 Å². The number of halogens is 1. The molecule has 1 fully saturated rings. The van der Waals surface area contributed by atoms with Crippen molar-refractivity contribution in [2.24, 2.45) is 0 Å². The molecule has 0 unspecified atom stereocenters. The summed E-state index contributed by atoms with van der Waals surface area (Å²) in [5, 5.41) is 11.3. The first-order chi connectivity index (χ1) is 18.2. The van der Waals surface area contributed by atoms with Crippen LogP contribution in [0.5, 0.6) is 17.2 Å². The molecule has 0 radical (unpaired) electrons. The summed E-state index contributed by atoms with van der Waals surface area (Å²) in [4.78, 5) is 5.55. The Labute approximate surface area is 216 Å². The standard InChI is InChI=1S/C31H31FN2O3/c32-13-1-15-34-16-11-26(20-34)37-25-6-2-21(3-7-25)31-27(22-4-9-29-23(18-22)10-14-33-29)12-17-36-30-19-24(35)5-8-28(30)31/h2-10,14,18-19,26,33,35H,1,11-13,15-17,20H2/t26-/m0/s1. The zero-order valence-corrected chi connectivity index (χ0v) is 20.8. The number of aromatic nitrogens is 1. The van der Waals surface area contributed by atoms with Crippen LogP contribution >= 0.6 is 0 Å². The van der Waals surface area contributed by atoms with E-state index in [9.17, 15) is 9.50 Å². The molecule has 6 rings (SSSR count). The second-order valence-electron chi connectivity index (χ2n) is 9.81. The lowest BCUT2D eigenvalue weighted by Gasteiger charge is -2.18. The van der Waals surface area contributed by atoms with Crippen molar-refractivity contribution in [3.63, 3.8) is 0 Å². The normalized spacial score (nSPS) is 18.0. The predicted octanol–water partition coefficient (Wildman–Crippen LogP) is 6.43. The van der Waals surface area contributed by atoms with Gasteiger partial charge in [0, 0.05) is 49.4 Å². The summed E-state index contributed by atoms with van der Waals surface area (Å²) in [7, 11) is 0. The zero-order chi connectivity index (χ0) is 25.2. The van der Waals surface area contributed by atoms with Gasteiger partial charge in [0.25, 0.3) is 0 Å². The van der Waals surface area contributed by atoms with E-state index in [2.05, 4.69) is 46.3 Å². The van der Waals surface area contributed by atoms with E-state index in [0.717, 1.165) is 66.0 Å². The van der Waals surface area contributed by atoms with Crippen LogP contribution in [0.4, 0.5) is 4.39 Å². The Balaban J connectivity index is 1.35. The first-order valence-electron chi connectivity index (χ1n) is 13.0. The number of phenols is 1. The molecule has 5 nitrogen and oxygen atoms in total. The number of nitrogens with zero attached hydrogens (tertiary/aromatic N) is 1. The largest absolute Gasteiger partial charge is 0.508 e. The summed E-state index contributed by atoms with van der Waals surface area (Å²) in [6.45, 7) is 2.84. The Kier molecular flexibility index (Phi) is 6.58. The first kappa shape index (κ1) is 23.6. The maximum absolute atomic E-state index is 12.5. The Morgan fingerprint density at radius 3 is 2.76 bits per heavy atom. The third-order valence-corrected chi connectivity index (χ3v) is 7.33. The van der Waals surface area contributed by atoms with Gasteiger partial charge in [0.1, 0.15) is 23.4 Å². The van der Waals surface area contributed by atoms with E-state index >= 15 is 0 Å². The van der Waals surface area contributed by atoms with Crippen molar-refractivity contribution in [1.29, 1.82) is 0 Å². The van der Waals surface area contributed by atoms with Crippen molar-refractivity contribution >= 4 is 22.0 Å². The van der Waals surface area contributed by atoms with E-state index in [-0.39, 0.29) is 18.5 Å². The molecule has 0 aliphatic carbocycles.